The Balaban J connectivity index is 2.95. The lowest BCUT2D eigenvalue weighted by molar-refractivity contribution is 0.0697. The summed E-state index contributed by atoms with van der Waals surface area (Å²) < 4.78 is 13.7. The average molecular weight is 296 g/mol. The summed E-state index contributed by atoms with van der Waals surface area (Å²) in [5, 5.41) is 11.3. The first-order valence-electron chi connectivity index (χ1n) is 6.82. The van der Waals surface area contributed by atoms with Crippen LogP contribution < -0.4 is 5.32 Å². The summed E-state index contributed by atoms with van der Waals surface area (Å²) in [6, 6.07) is 2.81. The molecule has 2 amide bonds. The van der Waals surface area contributed by atoms with Crippen LogP contribution in [0.4, 0.5) is 14.9 Å². The summed E-state index contributed by atoms with van der Waals surface area (Å²) in [7, 11) is 0. The number of rotatable bonds is 5. The largest absolute Gasteiger partial charge is 0.478 e. The maximum atomic E-state index is 13.7. The predicted octanol–water partition coefficient (Wildman–Crippen LogP) is 3.42. The molecule has 6 heteroatoms. The van der Waals surface area contributed by atoms with Gasteiger partial charge in [0.1, 0.15) is 5.82 Å². The summed E-state index contributed by atoms with van der Waals surface area (Å²) in [6.45, 7) is 8.23. The van der Waals surface area contributed by atoms with E-state index < -0.39 is 17.8 Å². The number of hydrogen-bond acceptors (Lipinski definition) is 2. The Morgan fingerprint density at radius 3 is 2.38 bits per heavy atom. The van der Waals surface area contributed by atoms with Crippen LogP contribution in [0.15, 0.2) is 18.2 Å². The van der Waals surface area contributed by atoms with E-state index in [9.17, 15) is 14.0 Å². The number of urea groups is 1. The van der Waals surface area contributed by atoms with Gasteiger partial charge in [-0.15, -0.1) is 0 Å². The number of halogens is 1. The zero-order valence-corrected chi connectivity index (χ0v) is 12.7. The molecule has 0 aliphatic rings. The van der Waals surface area contributed by atoms with E-state index in [-0.39, 0.29) is 23.2 Å². The first kappa shape index (κ1) is 16.9. The molecule has 0 spiro atoms. The van der Waals surface area contributed by atoms with Crippen LogP contribution in [-0.2, 0) is 0 Å². The van der Waals surface area contributed by atoms with Crippen molar-refractivity contribution in [2.45, 2.75) is 33.7 Å². The van der Waals surface area contributed by atoms with E-state index in [4.69, 9.17) is 5.11 Å². The molecule has 21 heavy (non-hydrogen) atoms. The summed E-state index contributed by atoms with van der Waals surface area (Å²) in [5.74, 6) is -1.57. The van der Waals surface area contributed by atoms with Gasteiger partial charge in [0, 0.05) is 12.6 Å². The van der Waals surface area contributed by atoms with Crippen molar-refractivity contribution in [1.29, 1.82) is 0 Å². The Kier molecular flexibility index (Phi) is 5.69. The van der Waals surface area contributed by atoms with Gasteiger partial charge in [-0.1, -0.05) is 13.8 Å². The Labute approximate surface area is 123 Å². The third kappa shape index (κ3) is 4.73. The molecule has 1 aromatic rings. The summed E-state index contributed by atoms with van der Waals surface area (Å²) in [4.78, 5) is 24.7. The topological polar surface area (TPSA) is 69.6 Å². The highest BCUT2D eigenvalue weighted by Crippen LogP contribution is 2.18. The molecule has 0 aliphatic carbocycles. The maximum absolute atomic E-state index is 13.7. The maximum Gasteiger partial charge on any atom is 0.335 e. The lowest BCUT2D eigenvalue weighted by Gasteiger charge is -2.28. The smallest absolute Gasteiger partial charge is 0.335 e. The fraction of sp³-hybridized carbons (Fsp3) is 0.467. The number of aromatic carboxylic acids is 1. The Morgan fingerprint density at radius 1 is 1.29 bits per heavy atom. The van der Waals surface area contributed by atoms with E-state index >= 15 is 0 Å². The SMILES string of the molecule is CC(C)CN(C(=O)Nc1cc(C(=O)O)ccc1F)C(C)C. The van der Waals surface area contributed by atoms with E-state index in [0.29, 0.717) is 6.54 Å². The minimum Gasteiger partial charge on any atom is -0.478 e. The van der Waals surface area contributed by atoms with E-state index in [2.05, 4.69) is 5.32 Å². The number of nitrogens with zero attached hydrogens (tertiary/aromatic N) is 1. The van der Waals surface area contributed by atoms with Crippen LogP contribution in [0.5, 0.6) is 0 Å². The molecule has 1 rings (SSSR count). The summed E-state index contributed by atoms with van der Waals surface area (Å²) in [5.41, 5.74) is -0.207. The molecule has 0 saturated heterocycles. The molecule has 5 nitrogen and oxygen atoms in total. The Hall–Kier alpha value is -2.11. The molecule has 0 fully saturated rings. The molecule has 0 unspecified atom stereocenters. The molecule has 0 aliphatic heterocycles. The lowest BCUT2D eigenvalue weighted by atomic mass is 10.2. The fourth-order valence-corrected chi connectivity index (χ4v) is 1.86. The van der Waals surface area contributed by atoms with Gasteiger partial charge >= 0.3 is 12.0 Å². The van der Waals surface area contributed by atoms with Crippen molar-refractivity contribution in [3.05, 3.63) is 29.6 Å². The third-order valence-electron chi connectivity index (χ3n) is 2.90. The number of carbonyl (C=O) groups excluding carboxylic acids is 1. The second-order valence-electron chi connectivity index (χ2n) is 5.57. The van der Waals surface area contributed by atoms with Gasteiger partial charge in [0.15, 0.2) is 0 Å². The highest BCUT2D eigenvalue weighted by molar-refractivity contribution is 5.93. The Bertz CT molecular complexity index is 530. The second kappa shape index (κ2) is 7.06. The monoisotopic (exact) mass is 296 g/mol. The van der Waals surface area contributed by atoms with Crippen molar-refractivity contribution >= 4 is 17.7 Å². The quantitative estimate of drug-likeness (QED) is 0.874. The van der Waals surface area contributed by atoms with E-state index in [1.54, 1.807) is 4.90 Å². The second-order valence-corrected chi connectivity index (χ2v) is 5.57. The highest BCUT2D eigenvalue weighted by Gasteiger charge is 2.19. The van der Waals surface area contributed by atoms with Gasteiger partial charge in [-0.05, 0) is 38.0 Å². The number of carboxylic acid groups (broad SMARTS) is 1. The average Bonchev–Trinajstić information content (AvgIpc) is 2.37. The number of nitrogens with one attached hydrogen (secondary N) is 1. The van der Waals surface area contributed by atoms with Crippen LogP contribution in [0.25, 0.3) is 0 Å². The molecule has 2 N–H and O–H groups in total. The first-order valence-corrected chi connectivity index (χ1v) is 6.82. The normalized spacial score (nSPS) is 10.8. The van der Waals surface area contributed by atoms with E-state index in [0.717, 1.165) is 18.2 Å². The van der Waals surface area contributed by atoms with Crippen molar-refractivity contribution in [3.63, 3.8) is 0 Å². The van der Waals surface area contributed by atoms with Gasteiger partial charge < -0.3 is 15.3 Å². The Morgan fingerprint density at radius 2 is 1.90 bits per heavy atom. The van der Waals surface area contributed by atoms with Gasteiger partial charge in [0.25, 0.3) is 0 Å². The van der Waals surface area contributed by atoms with Crippen molar-refractivity contribution in [1.82, 2.24) is 4.90 Å². The predicted molar refractivity (Wildman–Crippen MR) is 79.1 cm³/mol. The van der Waals surface area contributed by atoms with Crippen LogP contribution >= 0.6 is 0 Å². The zero-order valence-electron chi connectivity index (χ0n) is 12.7. The van der Waals surface area contributed by atoms with Gasteiger partial charge in [-0.3, -0.25) is 0 Å². The molecule has 0 atom stereocenters. The molecule has 0 radical (unpaired) electrons. The van der Waals surface area contributed by atoms with Gasteiger partial charge in [-0.2, -0.15) is 0 Å². The molecule has 0 aromatic heterocycles. The zero-order chi connectivity index (χ0) is 16.2. The van der Waals surface area contributed by atoms with Crippen molar-refractivity contribution in [3.8, 4) is 0 Å². The molecular weight excluding hydrogens is 275 g/mol. The van der Waals surface area contributed by atoms with Crippen LogP contribution in [0.3, 0.4) is 0 Å². The molecule has 0 heterocycles. The van der Waals surface area contributed by atoms with Gasteiger partial charge in [0.05, 0.1) is 11.3 Å². The van der Waals surface area contributed by atoms with Crippen LogP contribution in [0, 0.1) is 11.7 Å². The molecule has 0 bridgehead atoms. The minimum absolute atomic E-state index is 0.0434. The van der Waals surface area contributed by atoms with Gasteiger partial charge in [0.2, 0.25) is 0 Å². The van der Waals surface area contributed by atoms with Crippen LogP contribution in [0.2, 0.25) is 0 Å². The van der Waals surface area contributed by atoms with E-state index in [1.807, 2.05) is 27.7 Å². The number of benzene rings is 1. The highest BCUT2D eigenvalue weighted by atomic mass is 19.1. The van der Waals surface area contributed by atoms with Crippen LogP contribution in [0.1, 0.15) is 38.1 Å². The summed E-state index contributed by atoms with van der Waals surface area (Å²) in [6.07, 6.45) is 0. The number of amides is 2. The molecule has 1 aromatic carbocycles. The number of hydrogen-bond donors (Lipinski definition) is 2. The fourth-order valence-electron chi connectivity index (χ4n) is 1.86. The van der Waals surface area contributed by atoms with Gasteiger partial charge in [-0.25, -0.2) is 14.0 Å². The van der Waals surface area contributed by atoms with Crippen molar-refractivity contribution in [2.24, 2.45) is 5.92 Å². The number of anilines is 1. The lowest BCUT2D eigenvalue weighted by Crippen LogP contribution is -2.42. The number of carbonyl (C=O) groups is 2. The number of carboxylic acids is 1. The first-order chi connectivity index (χ1) is 9.72. The third-order valence-corrected chi connectivity index (χ3v) is 2.90. The molecule has 0 saturated carbocycles. The van der Waals surface area contributed by atoms with Crippen LogP contribution in [-0.4, -0.2) is 34.6 Å². The van der Waals surface area contributed by atoms with E-state index in [1.165, 1.54) is 0 Å². The summed E-state index contributed by atoms with van der Waals surface area (Å²) >= 11 is 0. The van der Waals surface area contributed by atoms with Crippen molar-refractivity contribution < 1.29 is 19.1 Å². The molecule has 116 valence electrons. The standard InChI is InChI=1S/C15H21FN2O3/c1-9(2)8-18(10(3)4)15(21)17-13-7-11(14(19)20)5-6-12(13)16/h5-7,9-10H,8H2,1-4H3,(H,17,21)(H,19,20). The van der Waals surface area contributed by atoms with Crippen molar-refractivity contribution in [2.75, 3.05) is 11.9 Å². The molecular formula is C15H21FN2O3. The minimum atomic E-state index is -1.17.